The van der Waals surface area contributed by atoms with Crippen LogP contribution in [0.15, 0.2) is 0 Å². The maximum Gasteiger partial charge on any atom is 0.364 e. The summed E-state index contributed by atoms with van der Waals surface area (Å²) in [5, 5.41) is 156. The lowest BCUT2D eigenvalue weighted by Crippen LogP contribution is -2.72. The highest BCUT2D eigenvalue weighted by Gasteiger charge is 2.61. The first-order valence-electron chi connectivity index (χ1n) is 22.0. The summed E-state index contributed by atoms with van der Waals surface area (Å²) in [7, 11) is 0. The van der Waals surface area contributed by atoms with Crippen molar-refractivity contribution >= 4 is 17.8 Å². The Balaban J connectivity index is 1.54. The highest BCUT2D eigenvalue weighted by Crippen LogP contribution is 2.40. The van der Waals surface area contributed by atoms with Gasteiger partial charge < -0.3 is 129 Å². The number of aliphatic hydroxyl groups is 13. The Hall–Kier alpha value is -2.51. The van der Waals surface area contributed by atoms with E-state index in [0.717, 1.165) is 13.8 Å². The second-order valence-electron chi connectivity index (χ2n) is 17.2. The molecule has 5 saturated heterocycles. The number of amides is 2. The highest BCUT2D eigenvalue weighted by molar-refractivity contribution is 5.76. The van der Waals surface area contributed by atoms with Crippen molar-refractivity contribution in [2.45, 2.75) is 193 Å². The third-order valence-corrected chi connectivity index (χ3v) is 12.2. The fourth-order valence-corrected chi connectivity index (χ4v) is 8.70. The Morgan fingerprint density at radius 3 is 1.74 bits per heavy atom. The van der Waals surface area contributed by atoms with Crippen molar-refractivity contribution in [3.05, 3.63) is 0 Å². The molecular formula is C39H66N2O27. The largest absolute Gasteiger partial charge is 0.477 e. The van der Waals surface area contributed by atoms with Gasteiger partial charge in [-0.05, 0) is 13.8 Å². The van der Waals surface area contributed by atoms with Crippen molar-refractivity contribution in [2.75, 3.05) is 33.0 Å². The van der Waals surface area contributed by atoms with Gasteiger partial charge in [-0.15, -0.1) is 0 Å². The molecule has 394 valence electrons. The first kappa shape index (κ1) is 56.4. The van der Waals surface area contributed by atoms with E-state index in [2.05, 4.69) is 10.6 Å². The van der Waals surface area contributed by atoms with Crippen LogP contribution in [-0.4, -0.2) is 275 Å². The smallest absolute Gasteiger partial charge is 0.364 e. The fourth-order valence-electron chi connectivity index (χ4n) is 8.70. The molecule has 5 fully saturated rings. The molecule has 0 spiro atoms. The molecule has 2 amide bonds. The standard InChI is InChI=1S/C39H66N2O27/c1-5-59-36-27(55)32(25(53)19(9-43)61-36)66-35-23(41-14(4)47)31(65-34-16(49)6-15(48)12(2)60-34)29(21(11-45)63-35)64-37-28(56)33(26(54)20(10-44)62-37)68-39(38(57)58)7-17(50)22(40-13(3)46)30(67-39)24(52)18(51)8-42/h12,15-37,42-45,48-56H,5-11H2,1-4H3,(H,40,46)(H,41,47)(H,57,58)/t12-,15-,16-,17-,18+,19+,20+,21+,22+,23+,24+,25-,26-,27+,28+,29+,30+,31+,32-,33-,34-,35-,36+,37-,39-/m0/s1. The monoisotopic (exact) mass is 994 g/mol. The van der Waals surface area contributed by atoms with Gasteiger partial charge in [-0.3, -0.25) is 9.59 Å². The lowest BCUT2D eigenvalue weighted by atomic mass is 9.88. The van der Waals surface area contributed by atoms with Crippen LogP contribution >= 0.6 is 0 Å². The average molecular weight is 995 g/mol. The quantitative estimate of drug-likeness (QED) is 0.0571. The number of carbonyl (C=O) groups excluding carboxylic acids is 2. The number of carboxylic acids is 1. The predicted molar refractivity (Wildman–Crippen MR) is 214 cm³/mol. The summed E-state index contributed by atoms with van der Waals surface area (Å²) < 4.78 is 58.5. The van der Waals surface area contributed by atoms with Gasteiger partial charge in [0.1, 0.15) is 97.6 Å². The third-order valence-electron chi connectivity index (χ3n) is 12.2. The van der Waals surface area contributed by atoms with E-state index in [0.29, 0.717) is 0 Å². The Labute approximate surface area is 387 Å². The molecule has 0 aromatic carbocycles. The molecule has 5 rings (SSSR count). The molecule has 16 N–H and O–H groups in total. The molecule has 5 aliphatic rings. The van der Waals surface area contributed by atoms with E-state index >= 15 is 0 Å². The van der Waals surface area contributed by atoms with E-state index in [1.54, 1.807) is 6.92 Å². The summed E-state index contributed by atoms with van der Waals surface area (Å²) >= 11 is 0. The first-order chi connectivity index (χ1) is 32.1. The van der Waals surface area contributed by atoms with E-state index in [1.165, 1.54) is 6.92 Å². The lowest BCUT2D eigenvalue weighted by Gasteiger charge is -2.52. The van der Waals surface area contributed by atoms with Crippen molar-refractivity contribution in [3.63, 3.8) is 0 Å². The summed E-state index contributed by atoms with van der Waals surface area (Å²) in [5.41, 5.74) is 0. The van der Waals surface area contributed by atoms with Crippen LogP contribution in [0.2, 0.25) is 0 Å². The van der Waals surface area contributed by atoms with Gasteiger partial charge in [0.2, 0.25) is 11.8 Å². The van der Waals surface area contributed by atoms with Crippen LogP contribution in [0.4, 0.5) is 0 Å². The second-order valence-corrected chi connectivity index (χ2v) is 17.2. The summed E-state index contributed by atoms with van der Waals surface area (Å²) in [6.07, 6.45) is -41.3. The molecule has 0 saturated carbocycles. The van der Waals surface area contributed by atoms with Crippen LogP contribution in [-0.2, 0) is 61.8 Å². The minimum atomic E-state index is -3.16. The number of nitrogens with one attached hydrogen (secondary N) is 2. The molecule has 5 aliphatic heterocycles. The summed E-state index contributed by atoms with van der Waals surface area (Å²) in [6.45, 7) is 1.05. The topological polar surface area (TPSA) is 451 Å². The molecule has 0 aliphatic carbocycles. The summed E-state index contributed by atoms with van der Waals surface area (Å²) in [5.74, 6) is -6.81. The average Bonchev–Trinajstić information content (AvgIpc) is 3.28. The molecule has 25 atom stereocenters. The van der Waals surface area contributed by atoms with E-state index < -0.39 is 204 Å². The Morgan fingerprint density at radius 2 is 1.18 bits per heavy atom. The molecule has 29 heteroatoms. The molecule has 5 heterocycles. The number of rotatable bonds is 19. The zero-order valence-corrected chi connectivity index (χ0v) is 37.4. The molecule has 29 nitrogen and oxygen atoms in total. The van der Waals surface area contributed by atoms with E-state index in [-0.39, 0.29) is 13.0 Å². The number of carbonyl (C=O) groups is 3. The second kappa shape index (κ2) is 24.3. The fraction of sp³-hybridized carbons (Fsp3) is 0.923. The zero-order chi connectivity index (χ0) is 50.5. The maximum atomic E-state index is 13.1. The number of aliphatic carboxylic acids is 1. The number of hydrogen-bond donors (Lipinski definition) is 16. The van der Waals surface area contributed by atoms with Crippen LogP contribution in [0.1, 0.15) is 40.5 Å². The molecule has 0 aromatic rings. The van der Waals surface area contributed by atoms with Gasteiger partial charge in [0, 0.05) is 33.3 Å². The molecule has 68 heavy (non-hydrogen) atoms. The van der Waals surface area contributed by atoms with Gasteiger partial charge in [-0.1, -0.05) is 0 Å². The van der Waals surface area contributed by atoms with Gasteiger partial charge in [-0.25, -0.2) is 4.79 Å². The van der Waals surface area contributed by atoms with Crippen LogP contribution in [0.5, 0.6) is 0 Å². The minimum absolute atomic E-state index is 0.00557. The Morgan fingerprint density at radius 1 is 0.647 bits per heavy atom. The number of ether oxygens (including phenoxy) is 10. The Kier molecular flexibility index (Phi) is 20.1. The number of aliphatic hydroxyl groups excluding tert-OH is 13. The maximum absolute atomic E-state index is 13.1. The lowest BCUT2D eigenvalue weighted by molar-refractivity contribution is -0.395. The van der Waals surface area contributed by atoms with Crippen LogP contribution in [0, 0.1) is 0 Å². The van der Waals surface area contributed by atoms with Crippen LogP contribution in [0.3, 0.4) is 0 Å². The van der Waals surface area contributed by atoms with Crippen molar-refractivity contribution in [1.82, 2.24) is 10.6 Å². The molecule has 0 aromatic heterocycles. The number of carboxylic acid groups (broad SMARTS) is 1. The van der Waals surface area contributed by atoms with Crippen molar-refractivity contribution < 1.29 is 133 Å². The highest BCUT2D eigenvalue weighted by atomic mass is 16.8. The third kappa shape index (κ3) is 12.4. The normalized spacial score (nSPS) is 45.5. The van der Waals surface area contributed by atoms with Crippen molar-refractivity contribution in [1.29, 1.82) is 0 Å². The molecule has 0 unspecified atom stereocenters. The van der Waals surface area contributed by atoms with Gasteiger partial charge in [-0.2, -0.15) is 0 Å². The van der Waals surface area contributed by atoms with Crippen LogP contribution < -0.4 is 10.6 Å². The number of hydrogen-bond acceptors (Lipinski definition) is 26. The van der Waals surface area contributed by atoms with Gasteiger partial charge in [0.05, 0.1) is 50.8 Å². The minimum Gasteiger partial charge on any atom is -0.477 e. The Bertz CT molecular complexity index is 1640. The zero-order valence-electron chi connectivity index (χ0n) is 37.4. The van der Waals surface area contributed by atoms with Gasteiger partial charge in [0.15, 0.2) is 25.2 Å². The van der Waals surface area contributed by atoms with Gasteiger partial charge in [0.25, 0.3) is 5.79 Å². The predicted octanol–water partition coefficient (Wildman–Crippen LogP) is -9.33. The molecule has 0 bridgehead atoms. The molecular weight excluding hydrogens is 928 g/mol. The van der Waals surface area contributed by atoms with Gasteiger partial charge >= 0.3 is 5.97 Å². The van der Waals surface area contributed by atoms with E-state index in [1.807, 2.05) is 0 Å². The van der Waals surface area contributed by atoms with E-state index in [4.69, 9.17) is 47.4 Å². The molecule has 0 radical (unpaired) electrons. The summed E-state index contributed by atoms with van der Waals surface area (Å²) in [6, 6.07) is -3.32. The summed E-state index contributed by atoms with van der Waals surface area (Å²) in [4.78, 5) is 38.1. The SMILES string of the molecule is CCO[C@@H]1O[C@H](CO)[C@H](O)[C@H](O[C@@H]2O[C@H](CO)[C@@H](O[C@@H]3O[C@H](CO)[C@H](O)[C@H](O[C@]4(C(=O)O)C[C@H](O)[C@@H](NC(C)=O)[C@H]([C@H](O)[C@H](O)CO)O4)[C@H]3O)[C@H](O[C@@H]3O[C@@H](C)[C@@H](O)C[C@@H]3O)[C@H]2NC(C)=O)[C@H]1O. The van der Waals surface area contributed by atoms with E-state index in [9.17, 15) is 85.9 Å². The first-order valence-corrected chi connectivity index (χ1v) is 22.0. The van der Waals surface area contributed by atoms with Crippen LogP contribution in [0.25, 0.3) is 0 Å². The van der Waals surface area contributed by atoms with Crippen molar-refractivity contribution in [2.24, 2.45) is 0 Å². The van der Waals surface area contributed by atoms with Crippen molar-refractivity contribution in [3.8, 4) is 0 Å².